The number of nitrogens with zero attached hydrogens (tertiary/aromatic N) is 2. The van der Waals surface area contributed by atoms with Gasteiger partial charge in [-0.2, -0.15) is 5.10 Å². The molecule has 7 nitrogen and oxygen atoms in total. The van der Waals surface area contributed by atoms with E-state index in [1.807, 2.05) is 6.92 Å². The van der Waals surface area contributed by atoms with Crippen molar-refractivity contribution in [3.8, 4) is 0 Å². The lowest BCUT2D eigenvalue weighted by Gasteiger charge is -2.23. The first-order valence-corrected chi connectivity index (χ1v) is 9.87. The van der Waals surface area contributed by atoms with Crippen LogP contribution in [0.4, 0.5) is 5.82 Å². The highest BCUT2D eigenvalue weighted by Gasteiger charge is 2.21. The van der Waals surface area contributed by atoms with Gasteiger partial charge in [0.15, 0.2) is 5.82 Å². The summed E-state index contributed by atoms with van der Waals surface area (Å²) in [6, 6.07) is 6.67. The third-order valence-corrected chi connectivity index (χ3v) is 5.19. The van der Waals surface area contributed by atoms with Gasteiger partial charge in [-0.3, -0.25) is 14.7 Å². The molecule has 2 amide bonds. The van der Waals surface area contributed by atoms with Gasteiger partial charge in [-0.05, 0) is 48.1 Å². The van der Waals surface area contributed by atoms with Crippen LogP contribution in [0.2, 0.25) is 5.02 Å². The van der Waals surface area contributed by atoms with Crippen LogP contribution < -0.4 is 10.6 Å². The maximum atomic E-state index is 12.5. The zero-order chi connectivity index (χ0) is 20.0. The number of aromatic amines is 1. The van der Waals surface area contributed by atoms with E-state index in [2.05, 4.69) is 55.5 Å². The summed E-state index contributed by atoms with van der Waals surface area (Å²) in [5.41, 5.74) is 0.573. The first-order chi connectivity index (χ1) is 12.9. The monoisotopic (exact) mass is 455 g/mol. The van der Waals surface area contributed by atoms with Gasteiger partial charge >= 0.3 is 0 Å². The largest absolute Gasteiger partial charge is 0.347 e. The van der Waals surface area contributed by atoms with Crippen LogP contribution in [-0.2, 0) is 0 Å². The number of halogens is 2. The fraction of sp³-hybridized carbons (Fsp3) is 0.389. The minimum atomic E-state index is -0.408. The van der Waals surface area contributed by atoms with Gasteiger partial charge in [0.1, 0.15) is 5.69 Å². The highest BCUT2D eigenvalue weighted by atomic mass is 79.9. The summed E-state index contributed by atoms with van der Waals surface area (Å²) in [4.78, 5) is 27.1. The molecule has 0 aliphatic carbocycles. The van der Waals surface area contributed by atoms with Gasteiger partial charge < -0.3 is 15.5 Å². The molecule has 2 rings (SSSR count). The van der Waals surface area contributed by atoms with Crippen molar-refractivity contribution in [1.29, 1.82) is 0 Å². The number of likely N-dealkylation sites (N-methyl/N-ethyl adjacent to an activating group) is 1. The van der Waals surface area contributed by atoms with Gasteiger partial charge in [0.2, 0.25) is 0 Å². The summed E-state index contributed by atoms with van der Waals surface area (Å²) in [5, 5.41) is 12.6. The van der Waals surface area contributed by atoms with Crippen LogP contribution >= 0.6 is 27.5 Å². The molecule has 3 N–H and O–H groups in total. The van der Waals surface area contributed by atoms with Crippen molar-refractivity contribution in [1.82, 2.24) is 20.4 Å². The van der Waals surface area contributed by atoms with Crippen LogP contribution in [0.25, 0.3) is 0 Å². The molecule has 1 aromatic carbocycles. The fourth-order valence-electron chi connectivity index (χ4n) is 2.59. The smallest absolute Gasteiger partial charge is 0.270 e. The second-order valence-corrected chi connectivity index (χ2v) is 7.26. The number of anilines is 1. The van der Waals surface area contributed by atoms with Crippen LogP contribution in [0.15, 0.2) is 28.7 Å². The first kappa shape index (κ1) is 21.4. The second kappa shape index (κ2) is 9.87. The topological polar surface area (TPSA) is 90.1 Å². The van der Waals surface area contributed by atoms with E-state index in [4.69, 9.17) is 11.6 Å². The van der Waals surface area contributed by atoms with Crippen LogP contribution in [-0.4, -0.2) is 52.6 Å². The molecule has 0 saturated heterocycles. The number of hydrogen-bond donors (Lipinski definition) is 3. The Morgan fingerprint density at radius 1 is 1.26 bits per heavy atom. The third kappa shape index (κ3) is 5.54. The minimum absolute atomic E-state index is 0.0335. The van der Waals surface area contributed by atoms with Crippen LogP contribution in [0.5, 0.6) is 0 Å². The van der Waals surface area contributed by atoms with E-state index in [-0.39, 0.29) is 23.5 Å². The van der Waals surface area contributed by atoms with Crippen molar-refractivity contribution in [3.63, 3.8) is 0 Å². The summed E-state index contributed by atoms with van der Waals surface area (Å²) < 4.78 is 0.385. The highest BCUT2D eigenvalue weighted by Crippen LogP contribution is 2.25. The number of carbonyl (C=O) groups excluding carboxylic acids is 2. The summed E-state index contributed by atoms with van der Waals surface area (Å²) in [7, 11) is 0. The zero-order valence-corrected chi connectivity index (χ0v) is 17.8. The predicted molar refractivity (Wildman–Crippen MR) is 110 cm³/mol. The maximum Gasteiger partial charge on any atom is 0.270 e. The van der Waals surface area contributed by atoms with E-state index in [0.717, 1.165) is 19.6 Å². The number of nitrogens with one attached hydrogen (secondary N) is 3. The molecule has 1 heterocycles. The van der Waals surface area contributed by atoms with Gasteiger partial charge in [-0.1, -0.05) is 37.6 Å². The van der Waals surface area contributed by atoms with Crippen LogP contribution in [0.1, 0.15) is 41.6 Å². The van der Waals surface area contributed by atoms with Crippen molar-refractivity contribution >= 4 is 45.2 Å². The summed E-state index contributed by atoms with van der Waals surface area (Å²) in [6.45, 7) is 8.70. The number of H-pyrrole nitrogens is 1. The zero-order valence-electron chi connectivity index (χ0n) is 15.5. The Balaban J connectivity index is 2.05. The molecular weight excluding hydrogens is 434 g/mol. The molecular formula is C18H23BrClN5O2. The average Bonchev–Trinajstić information content (AvgIpc) is 3.00. The molecule has 0 radical (unpaired) electrons. The molecule has 1 atom stereocenters. The maximum absolute atomic E-state index is 12.5. The molecule has 0 bridgehead atoms. The van der Waals surface area contributed by atoms with Gasteiger partial charge in [0.05, 0.1) is 15.1 Å². The molecule has 27 heavy (non-hydrogen) atoms. The predicted octanol–water partition coefficient (Wildman–Crippen LogP) is 3.54. The molecule has 9 heteroatoms. The van der Waals surface area contributed by atoms with E-state index in [1.54, 1.807) is 24.3 Å². The SMILES string of the molecule is CCN(CC)C[C@@H](C)NC(=O)c1[nH]nc(NC(=O)c2ccccc2Cl)c1Br. The Labute approximate surface area is 172 Å². The van der Waals surface area contributed by atoms with Gasteiger partial charge in [-0.15, -0.1) is 0 Å². The number of amides is 2. The Bertz CT molecular complexity index is 807. The van der Waals surface area contributed by atoms with Crippen LogP contribution in [0.3, 0.4) is 0 Å². The van der Waals surface area contributed by atoms with E-state index in [9.17, 15) is 9.59 Å². The molecule has 0 saturated carbocycles. The van der Waals surface area contributed by atoms with Gasteiger partial charge in [0, 0.05) is 12.6 Å². The lowest BCUT2D eigenvalue weighted by atomic mass is 10.2. The van der Waals surface area contributed by atoms with E-state index in [0.29, 0.717) is 15.1 Å². The summed E-state index contributed by atoms with van der Waals surface area (Å²) in [5.74, 6) is -0.483. The molecule has 0 unspecified atom stereocenters. The summed E-state index contributed by atoms with van der Waals surface area (Å²) in [6.07, 6.45) is 0. The van der Waals surface area contributed by atoms with Crippen molar-refractivity contribution in [3.05, 3.63) is 45.0 Å². The standard InChI is InChI=1S/C18H23BrClN5O2/c1-4-25(5-2)10-11(3)21-18(27)15-14(19)16(24-23-15)22-17(26)12-8-6-7-9-13(12)20/h6-9,11H,4-5,10H2,1-3H3,(H,21,27)(H2,22,23,24,26)/t11-/m1/s1. The van der Waals surface area contributed by atoms with E-state index in [1.165, 1.54) is 0 Å². The Hall–Kier alpha value is -1.90. The molecule has 0 spiro atoms. The van der Waals surface area contributed by atoms with Crippen LogP contribution in [0, 0.1) is 0 Å². The quantitative estimate of drug-likeness (QED) is 0.567. The van der Waals surface area contributed by atoms with Gasteiger partial charge in [-0.25, -0.2) is 0 Å². The minimum Gasteiger partial charge on any atom is -0.347 e. The van der Waals surface area contributed by atoms with Crippen molar-refractivity contribution in [2.75, 3.05) is 25.0 Å². The fourth-order valence-corrected chi connectivity index (χ4v) is 3.27. The molecule has 146 valence electrons. The molecule has 0 aliphatic heterocycles. The number of carbonyl (C=O) groups is 2. The Morgan fingerprint density at radius 3 is 2.56 bits per heavy atom. The van der Waals surface area contributed by atoms with Gasteiger partial charge in [0.25, 0.3) is 11.8 Å². The second-order valence-electron chi connectivity index (χ2n) is 6.06. The van der Waals surface area contributed by atoms with Crippen molar-refractivity contribution in [2.24, 2.45) is 0 Å². The lowest BCUT2D eigenvalue weighted by Crippen LogP contribution is -2.42. The number of hydrogen-bond acceptors (Lipinski definition) is 4. The average molecular weight is 457 g/mol. The van der Waals surface area contributed by atoms with Crippen molar-refractivity contribution in [2.45, 2.75) is 26.8 Å². The number of aromatic nitrogens is 2. The molecule has 1 aromatic heterocycles. The van der Waals surface area contributed by atoms with E-state index >= 15 is 0 Å². The number of benzene rings is 1. The third-order valence-electron chi connectivity index (χ3n) is 4.09. The summed E-state index contributed by atoms with van der Waals surface area (Å²) >= 11 is 9.36. The highest BCUT2D eigenvalue weighted by molar-refractivity contribution is 9.10. The van der Waals surface area contributed by atoms with Crippen molar-refractivity contribution < 1.29 is 9.59 Å². The molecule has 0 aliphatic rings. The normalized spacial score (nSPS) is 12.1. The first-order valence-electron chi connectivity index (χ1n) is 8.70. The Morgan fingerprint density at radius 2 is 1.93 bits per heavy atom. The Kier molecular flexibility index (Phi) is 7.82. The molecule has 2 aromatic rings. The lowest BCUT2D eigenvalue weighted by molar-refractivity contribution is 0.0923. The van der Waals surface area contributed by atoms with E-state index < -0.39 is 5.91 Å². The molecule has 0 fully saturated rings. The number of rotatable bonds is 8.